The Morgan fingerprint density at radius 2 is 2.08 bits per heavy atom. The molecule has 12 heavy (non-hydrogen) atoms. The molecule has 0 bridgehead atoms. The third-order valence-electron chi connectivity index (χ3n) is 1.59. The molecule has 0 saturated carbocycles. The van der Waals surface area contributed by atoms with Crippen molar-refractivity contribution < 1.29 is 8.78 Å². The summed E-state index contributed by atoms with van der Waals surface area (Å²) in [5.41, 5.74) is 0.655. The van der Waals surface area contributed by atoms with Gasteiger partial charge < -0.3 is 0 Å². The highest BCUT2D eigenvalue weighted by Gasteiger charge is 2.11. The summed E-state index contributed by atoms with van der Waals surface area (Å²) in [7, 11) is 0. The number of alkyl halides is 2. The number of rotatable bonds is 2. The molecule has 0 fully saturated rings. The van der Waals surface area contributed by atoms with Crippen LogP contribution in [-0.2, 0) is 0 Å². The molecule has 1 radical (unpaired) electrons. The number of halogens is 3. The largest absolute Gasteiger partial charge is 0.265 e. The van der Waals surface area contributed by atoms with E-state index in [0.717, 1.165) is 5.56 Å². The SMILES string of the molecule is C[CH]c1ccc(Cl)c(C(F)F)c1. The topological polar surface area (TPSA) is 0 Å². The van der Waals surface area contributed by atoms with Crippen LogP contribution in [0.1, 0.15) is 24.5 Å². The molecule has 1 aromatic carbocycles. The molecule has 1 rings (SSSR count). The lowest BCUT2D eigenvalue weighted by molar-refractivity contribution is 0.151. The summed E-state index contributed by atoms with van der Waals surface area (Å²) < 4.78 is 24.5. The lowest BCUT2D eigenvalue weighted by atomic mass is 10.1. The van der Waals surface area contributed by atoms with Crippen LogP contribution in [0.4, 0.5) is 8.78 Å². The van der Waals surface area contributed by atoms with Gasteiger partial charge >= 0.3 is 0 Å². The summed E-state index contributed by atoms with van der Waals surface area (Å²) >= 11 is 5.55. The van der Waals surface area contributed by atoms with Gasteiger partial charge in [0.05, 0.1) is 0 Å². The minimum atomic E-state index is -2.50. The molecule has 0 N–H and O–H groups in total. The third kappa shape index (κ3) is 1.95. The normalized spacial score (nSPS) is 10.8. The average molecular weight is 190 g/mol. The van der Waals surface area contributed by atoms with Gasteiger partial charge in [0.2, 0.25) is 0 Å². The van der Waals surface area contributed by atoms with Gasteiger partial charge in [-0.25, -0.2) is 8.78 Å². The van der Waals surface area contributed by atoms with Crippen molar-refractivity contribution in [1.29, 1.82) is 0 Å². The van der Waals surface area contributed by atoms with Crippen molar-refractivity contribution in [2.45, 2.75) is 13.3 Å². The Bertz CT molecular complexity index is 271. The lowest BCUT2D eigenvalue weighted by Crippen LogP contribution is -1.88. The molecule has 1 aromatic rings. The summed E-state index contributed by atoms with van der Waals surface area (Å²) in [6.07, 6.45) is -0.750. The van der Waals surface area contributed by atoms with E-state index in [-0.39, 0.29) is 10.6 Å². The summed E-state index contributed by atoms with van der Waals surface area (Å²) in [4.78, 5) is 0. The van der Waals surface area contributed by atoms with Crippen molar-refractivity contribution in [2.75, 3.05) is 0 Å². The zero-order valence-corrected chi connectivity index (χ0v) is 7.28. The molecule has 0 aromatic heterocycles. The summed E-state index contributed by atoms with van der Waals surface area (Å²) in [6.45, 7) is 1.79. The Hall–Kier alpha value is -0.630. The molecule has 0 unspecified atom stereocenters. The maximum absolute atomic E-state index is 12.2. The Labute approximate surface area is 75.2 Å². The van der Waals surface area contributed by atoms with Crippen molar-refractivity contribution in [1.82, 2.24) is 0 Å². The van der Waals surface area contributed by atoms with Crippen molar-refractivity contribution in [3.05, 3.63) is 40.8 Å². The molecule has 3 heteroatoms. The summed E-state index contributed by atoms with van der Waals surface area (Å²) in [5, 5.41) is 0.121. The van der Waals surface area contributed by atoms with E-state index < -0.39 is 6.43 Å². The van der Waals surface area contributed by atoms with E-state index in [1.54, 1.807) is 19.4 Å². The van der Waals surface area contributed by atoms with Gasteiger partial charge in [0.15, 0.2) is 0 Å². The predicted molar refractivity (Wildman–Crippen MR) is 45.5 cm³/mol. The van der Waals surface area contributed by atoms with Crippen LogP contribution in [0.5, 0.6) is 0 Å². The third-order valence-corrected chi connectivity index (χ3v) is 1.93. The first kappa shape index (κ1) is 9.46. The fourth-order valence-electron chi connectivity index (χ4n) is 0.909. The van der Waals surface area contributed by atoms with E-state index >= 15 is 0 Å². The molecule has 0 spiro atoms. The van der Waals surface area contributed by atoms with E-state index in [0.29, 0.717) is 0 Å². The fourth-order valence-corrected chi connectivity index (χ4v) is 1.11. The maximum Gasteiger partial charge on any atom is 0.265 e. The van der Waals surface area contributed by atoms with Gasteiger partial charge in [-0.15, -0.1) is 0 Å². The highest BCUT2D eigenvalue weighted by atomic mass is 35.5. The molecular formula is C9H8ClF2. The van der Waals surface area contributed by atoms with Crippen LogP contribution in [0.25, 0.3) is 0 Å². The first-order valence-corrected chi connectivity index (χ1v) is 3.90. The van der Waals surface area contributed by atoms with Crippen LogP contribution in [0.2, 0.25) is 5.02 Å². The minimum absolute atomic E-state index is 0.104. The van der Waals surface area contributed by atoms with E-state index in [1.165, 1.54) is 12.1 Å². The number of hydrogen-bond acceptors (Lipinski definition) is 0. The standard InChI is InChI=1S/C9H8ClF2/c1-2-6-3-4-8(10)7(5-6)9(11)12/h2-5,9H,1H3. The van der Waals surface area contributed by atoms with Gasteiger partial charge in [-0.2, -0.15) is 0 Å². The zero-order valence-electron chi connectivity index (χ0n) is 6.52. The molecule has 0 aliphatic heterocycles. The van der Waals surface area contributed by atoms with E-state index in [1.807, 2.05) is 0 Å². The van der Waals surface area contributed by atoms with Crippen molar-refractivity contribution in [2.24, 2.45) is 0 Å². The molecule has 0 nitrogen and oxygen atoms in total. The highest BCUT2D eigenvalue weighted by molar-refractivity contribution is 6.31. The first-order valence-electron chi connectivity index (χ1n) is 3.52. The second-order valence-electron chi connectivity index (χ2n) is 2.37. The average Bonchev–Trinajstić information content (AvgIpc) is 2.05. The van der Waals surface area contributed by atoms with E-state index in [4.69, 9.17) is 11.6 Å². The molecule has 0 aliphatic carbocycles. The van der Waals surface area contributed by atoms with Gasteiger partial charge in [0, 0.05) is 10.6 Å². The minimum Gasteiger partial charge on any atom is -0.205 e. The Morgan fingerprint density at radius 1 is 1.42 bits per heavy atom. The van der Waals surface area contributed by atoms with E-state index in [9.17, 15) is 8.78 Å². The maximum atomic E-state index is 12.2. The van der Waals surface area contributed by atoms with Gasteiger partial charge in [-0.1, -0.05) is 24.6 Å². The van der Waals surface area contributed by atoms with E-state index in [2.05, 4.69) is 0 Å². The Balaban J connectivity index is 3.08. The first-order chi connectivity index (χ1) is 5.65. The van der Waals surface area contributed by atoms with Crippen LogP contribution in [0.15, 0.2) is 18.2 Å². The van der Waals surface area contributed by atoms with Crippen LogP contribution in [0, 0.1) is 6.42 Å². The van der Waals surface area contributed by atoms with Crippen LogP contribution in [0.3, 0.4) is 0 Å². The quantitative estimate of drug-likeness (QED) is 0.663. The highest BCUT2D eigenvalue weighted by Crippen LogP contribution is 2.27. The number of benzene rings is 1. The predicted octanol–water partition coefficient (Wildman–Crippen LogP) is 3.85. The van der Waals surface area contributed by atoms with Crippen LogP contribution < -0.4 is 0 Å². The molecule has 65 valence electrons. The fraction of sp³-hybridized carbons (Fsp3) is 0.222. The zero-order chi connectivity index (χ0) is 9.14. The second kappa shape index (κ2) is 3.85. The molecule has 0 saturated heterocycles. The smallest absolute Gasteiger partial charge is 0.205 e. The van der Waals surface area contributed by atoms with Gasteiger partial charge in [-0.3, -0.25) is 0 Å². The summed E-state index contributed by atoms with van der Waals surface area (Å²) in [5.74, 6) is 0. The van der Waals surface area contributed by atoms with Gasteiger partial charge in [0.25, 0.3) is 6.43 Å². The molecule has 0 heterocycles. The second-order valence-corrected chi connectivity index (χ2v) is 2.78. The summed E-state index contributed by atoms with van der Waals surface area (Å²) in [6, 6.07) is 4.58. The molecule has 0 amide bonds. The molecule has 0 aliphatic rings. The number of hydrogen-bond donors (Lipinski definition) is 0. The lowest BCUT2D eigenvalue weighted by Gasteiger charge is -2.04. The van der Waals surface area contributed by atoms with Crippen molar-refractivity contribution >= 4 is 11.6 Å². The molecular weight excluding hydrogens is 182 g/mol. The molecule has 0 atom stereocenters. The monoisotopic (exact) mass is 189 g/mol. The Kier molecular flexibility index (Phi) is 3.04. The van der Waals surface area contributed by atoms with Crippen LogP contribution in [-0.4, -0.2) is 0 Å². The van der Waals surface area contributed by atoms with Crippen LogP contribution >= 0.6 is 11.6 Å². The van der Waals surface area contributed by atoms with Crippen molar-refractivity contribution in [3.63, 3.8) is 0 Å². The van der Waals surface area contributed by atoms with Gasteiger partial charge in [-0.05, 0) is 24.1 Å². The Morgan fingerprint density at radius 3 is 2.58 bits per heavy atom. The van der Waals surface area contributed by atoms with Gasteiger partial charge in [0.1, 0.15) is 0 Å². The van der Waals surface area contributed by atoms with Crippen molar-refractivity contribution in [3.8, 4) is 0 Å².